The molecule has 1 N–H and O–H groups in total. The Hall–Kier alpha value is -1.73. The van der Waals surface area contributed by atoms with Crippen LogP contribution in [0.2, 0.25) is 0 Å². The van der Waals surface area contributed by atoms with Gasteiger partial charge in [-0.15, -0.1) is 11.3 Å². The van der Waals surface area contributed by atoms with Crippen molar-refractivity contribution in [2.75, 3.05) is 0 Å². The highest BCUT2D eigenvalue weighted by Crippen LogP contribution is 2.14. The molecule has 0 saturated heterocycles. The standard InChI is InChI=1S/C13H12FNO3S2/c1-9-4-5-10(11(14)7-9)8-20(17,18)15-13(16)12-3-2-6-19-12/h2-7H,8H2,1H3,(H,15,16). The summed E-state index contributed by atoms with van der Waals surface area (Å²) in [5, 5.41) is 1.67. The minimum atomic E-state index is -3.93. The summed E-state index contributed by atoms with van der Waals surface area (Å²) in [6.45, 7) is 1.71. The van der Waals surface area contributed by atoms with E-state index < -0.39 is 27.5 Å². The zero-order chi connectivity index (χ0) is 14.8. The smallest absolute Gasteiger partial charge is 0.267 e. The summed E-state index contributed by atoms with van der Waals surface area (Å²) >= 11 is 1.13. The van der Waals surface area contributed by atoms with E-state index in [1.807, 2.05) is 4.72 Å². The van der Waals surface area contributed by atoms with E-state index in [0.717, 1.165) is 11.3 Å². The van der Waals surface area contributed by atoms with Gasteiger partial charge >= 0.3 is 0 Å². The molecule has 0 aliphatic carbocycles. The number of benzene rings is 1. The van der Waals surface area contributed by atoms with Crippen molar-refractivity contribution < 1.29 is 17.6 Å². The van der Waals surface area contributed by atoms with Gasteiger partial charge in [-0.1, -0.05) is 18.2 Å². The van der Waals surface area contributed by atoms with E-state index in [9.17, 15) is 17.6 Å². The Morgan fingerprint density at radius 1 is 1.35 bits per heavy atom. The Bertz CT molecular complexity index is 724. The van der Waals surface area contributed by atoms with Gasteiger partial charge in [0.15, 0.2) is 0 Å². The number of rotatable bonds is 4. The Morgan fingerprint density at radius 3 is 2.70 bits per heavy atom. The second-order valence-electron chi connectivity index (χ2n) is 4.26. The molecule has 20 heavy (non-hydrogen) atoms. The van der Waals surface area contributed by atoms with Crippen molar-refractivity contribution in [2.45, 2.75) is 12.7 Å². The summed E-state index contributed by atoms with van der Waals surface area (Å²) < 4.78 is 39.2. The number of hydrogen-bond acceptors (Lipinski definition) is 4. The molecule has 0 radical (unpaired) electrons. The molecule has 2 aromatic rings. The fraction of sp³-hybridized carbons (Fsp3) is 0.154. The molecule has 0 saturated carbocycles. The highest BCUT2D eigenvalue weighted by molar-refractivity contribution is 7.89. The molecule has 2 rings (SSSR count). The maximum Gasteiger partial charge on any atom is 0.274 e. The van der Waals surface area contributed by atoms with E-state index in [-0.39, 0.29) is 10.4 Å². The third-order valence-electron chi connectivity index (χ3n) is 2.55. The zero-order valence-corrected chi connectivity index (χ0v) is 12.2. The van der Waals surface area contributed by atoms with E-state index in [1.165, 1.54) is 18.2 Å². The summed E-state index contributed by atoms with van der Waals surface area (Å²) in [5.41, 5.74) is 0.730. The first-order valence-electron chi connectivity index (χ1n) is 5.71. The molecular weight excluding hydrogens is 301 g/mol. The molecule has 4 nitrogen and oxygen atoms in total. The molecule has 0 aliphatic rings. The van der Waals surface area contributed by atoms with Gasteiger partial charge in [0.05, 0.1) is 10.6 Å². The van der Waals surface area contributed by atoms with E-state index in [1.54, 1.807) is 24.4 Å². The van der Waals surface area contributed by atoms with Crippen molar-refractivity contribution in [1.29, 1.82) is 0 Å². The van der Waals surface area contributed by atoms with Crippen LogP contribution < -0.4 is 4.72 Å². The number of carbonyl (C=O) groups is 1. The van der Waals surface area contributed by atoms with Gasteiger partial charge in [-0.25, -0.2) is 17.5 Å². The van der Waals surface area contributed by atoms with Gasteiger partial charge in [-0.05, 0) is 30.0 Å². The van der Waals surface area contributed by atoms with Crippen LogP contribution in [0.4, 0.5) is 4.39 Å². The highest BCUT2D eigenvalue weighted by Gasteiger charge is 2.19. The lowest BCUT2D eigenvalue weighted by molar-refractivity contribution is 0.0985. The first-order chi connectivity index (χ1) is 9.37. The lowest BCUT2D eigenvalue weighted by Gasteiger charge is -2.07. The van der Waals surface area contributed by atoms with Crippen LogP contribution in [0, 0.1) is 12.7 Å². The molecule has 1 aromatic heterocycles. The molecule has 106 valence electrons. The largest absolute Gasteiger partial charge is 0.274 e. The molecule has 0 bridgehead atoms. The number of hydrogen-bond donors (Lipinski definition) is 1. The van der Waals surface area contributed by atoms with Crippen molar-refractivity contribution >= 4 is 27.3 Å². The summed E-state index contributed by atoms with van der Waals surface area (Å²) in [6, 6.07) is 7.44. The highest BCUT2D eigenvalue weighted by atomic mass is 32.2. The average molecular weight is 313 g/mol. The van der Waals surface area contributed by atoms with E-state index in [0.29, 0.717) is 5.56 Å². The molecule has 0 spiro atoms. The maximum atomic E-state index is 13.6. The molecule has 0 unspecified atom stereocenters. The van der Waals surface area contributed by atoms with Crippen LogP contribution in [0.5, 0.6) is 0 Å². The Balaban J connectivity index is 2.13. The average Bonchev–Trinajstić information content (AvgIpc) is 2.86. The van der Waals surface area contributed by atoms with Crippen LogP contribution in [0.15, 0.2) is 35.7 Å². The Morgan fingerprint density at radius 2 is 2.10 bits per heavy atom. The lowest BCUT2D eigenvalue weighted by Crippen LogP contribution is -2.31. The normalized spacial score (nSPS) is 11.3. The number of halogens is 1. The number of amides is 1. The monoisotopic (exact) mass is 313 g/mol. The van der Waals surface area contributed by atoms with Crippen LogP contribution in [-0.4, -0.2) is 14.3 Å². The van der Waals surface area contributed by atoms with Crippen LogP contribution >= 0.6 is 11.3 Å². The van der Waals surface area contributed by atoms with Gasteiger partial charge in [0.25, 0.3) is 5.91 Å². The molecular formula is C13H12FNO3S2. The van der Waals surface area contributed by atoms with Crippen molar-refractivity contribution in [1.82, 2.24) is 4.72 Å². The third-order valence-corrected chi connectivity index (χ3v) is 4.60. The number of carbonyl (C=O) groups excluding carboxylic acids is 1. The van der Waals surface area contributed by atoms with Gasteiger partial charge < -0.3 is 0 Å². The van der Waals surface area contributed by atoms with Crippen LogP contribution in [0.25, 0.3) is 0 Å². The van der Waals surface area contributed by atoms with Crippen LogP contribution in [-0.2, 0) is 15.8 Å². The van der Waals surface area contributed by atoms with Crippen molar-refractivity contribution in [2.24, 2.45) is 0 Å². The molecule has 7 heteroatoms. The first kappa shape index (κ1) is 14.7. The van der Waals surface area contributed by atoms with E-state index in [4.69, 9.17) is 0 Å². The molecule has 1 amide bonds. The fourth-order valence-corrected chi connectivity index (χ4v) is 3.40. The molecule has 0 fully saturated rings. The van der Waals surface area contributed by atoms with Gasteiger partial charge in [0.1, 0.15) is 5.82 Å². The predicted molar refractivity (Wildman–Crippen MR) is 75.5 cm³/mol. The first-order valence-corrected chi connectivity index (χ1v) is 8.24. The number of thiophene rings is 1. The molecule has 0 atom stereocenters. The van der Waals surface area contributed by atoms with Crippen molar-refractivity contribution in [3.63, 3.8) is 0 Å². The van der Waals surface area contributed by atoms with Crippen molar-refractivity contribution in [3.8, 4) is 0 Å². The molecule has 0 aliphatic heterocycles. The SMILES string of the molecule is Cc1ccc(CS(=O)(=O)NC(=O)c2cccs2)c(F)c1. The third kappa shape index (κ3) is 3.64. The van der Waals surface area contributed by atoms with E-state index >= 15 is 0 Å². The van der Waals surface area contributed by atoms with Crippen LogP contribution in [0.1, 0.15) is 20.8 Å². The summed E-state index contributed by atoms with van der Waals surface area (Å²) in [6.07, 6.45) is 0. The summed E-state index contributed by atoms with van der Waals surface area (Å²) in [7, 11) is -3.93. The minimum absolute atomic E-state index is 0.0297. The Kier molecular flexibility index (Phi) is 4.20. The zero-order valence-electron chi connectivity index (χ0n) is 10.6. The van der Waals surface area contributed by atoms with E-state index in [2.05, 4.69) is 0 Å². The topological polar surface area (TPSA) is 63.2 Å². The number of aryl methyl sites for hydroxylation is 1. The summed E-state index contributed by atoms with van der Waals surface area (Å²) in [4.78, 5) is 12.0. The minimum Gasteiger partial charge on any atom is -0.267 e. The van der Waals surface area contributed by atoms with Crippen LogP contribution in [0.3, 0.4) is 0 Å². The predicted octanol–water partition coefficient (Wildman–Crippen LogP) is 2.46. The van der Waals surface area contributed by atoms with Gasteiger partial charge in [-0.3, -0.25) is 4.79 Å². The second kappa shape index (κ2) is 5.72. The number of sulfonamides is 1. The molecule has 1 heterocycles. The number of nitrogens with one attached hydrogen (secondary N) is 1. The van der Waals surface area contributed by atoms with Gasteiger partial charge in [0.2, 0.25) is 10.0 Å². The van der Waals surface area contributed by atoms with Gasteiger partial charge in [0, 0.05) is 5.56 Å². The lowest BCUT2D eigenvalue weighted by atomic mass is 10.2. The van der Waals surface area contributed by atoms with Gasteiger partial charge in [-0.2, -0.15) is 0 Å². The quantitative estimate of drug-likeness (QED) is 0.943. The van der Waals surface area contributed by atoms with Crippen molar-refractivity contribution in [3.05, 3.63) is 57.5 Å². The second-order valence-corrected chi connectivity index (χ2v) is 6.93. The Labute approximate surface area is 120 Å². The fourth-order valence-electron chi connectivity index (χ4n) is 1.61. The summed E-state index contributed by atoms with van der Waals surface area (Å²) in [5.74, 6) is -1.87. The molecule has 1 aromatic carbocycles. The maximum absolute atomic E-state index is 13.6.